The van der Waals surface area contributed by atoms with E-state index >= 15 is 0 Å². The molecule has 1 aromatic heterocycles. The standard InChI is InChI=1S/C5H7FN2O2S/c1-4(11(6,9)10)5-2-3-7-8-5/h2-4H,1H3,(H,7,8). The van der Waals surface area contributed by atoms with Crippen LogP contribution in [0.1, 0.15) is 17.9 Å². The molecule has 0 radical (unpaired) electrons. The lowest BCUT2D eigenvalue weighted by Crippen LogP contribution is -2.03. The summed E-state index contributed by atoms with van der Waals surface area (Å²) in [6, 6.07) is 1.42. The number of hydrogen-bond donors (Lipinski definition) is 1. The number of aromatic amines is 1. The molecule has 0 aliphatic carbocycles. The van der Waals surface area contributed by atoms with Crippen molar-refractivity contribution in [3.05, 3.63) is 18.0 Å². The zero-order valence-electron chi connectivity index (χ0n) is 5.78. The minimum atomic E-state index is -4.50. The summed E-state index contributed by atoms with van der Waals surface area (Å²) in [7, 11) is -4.50. The molecule has 6 heteroatoms. The molecule has 0 spiro atoms. The van der Waals surface area contributed by atoms with Crippen LogP contribution in [0.25, 0.3) is 0 Å². The van der Waals surface area contributed by atoms with E-state index in [-0.39, 0.29) is 5.69 Å². The van der Waals surface area contributed by atoms with Crippen molar-refractivity contribution in [2.24, 2.45) is 0 Å². The van der Waals surface area contributed by atoms with Gasteiger partial charge >= 0.3 is 10.2 Å². The van der Waals surface area contributed by atoms with Crippen molar-refractivity contribution in [2.75, 3.05) is 0 Å². The highest BCUT2D eigenvalue weighted by Gasteiger charge is 2.22. The van der Waals surface area contributed by atoms with E-state index in [0.717, 1.165) is 0 Å². The van der Waals surface area contributed by atoms with Gasteiger partial charge in [0, 0.05) is 6.20 Å². The summed E-state index contributed by atoms with van der Waals surface area (Å²) in [4.78, 5) is 0. The lowest BCUT2D eigenvalue weighted by atomic mass is 10.3. The van der Waals surface area contributed by atoms with Crippen LogP contribution in [0.3, 0.4) is 0 Å². The summed E-state index contributed by atoms with van der Waals surface area (Å²) >= 11 is 0. The van der Waals surface area contributed by atoms with Gasteiger partial charge in [-0.05, 0) is 13.0 Å². The highest BCUT2D eigenvalue weighted by Crippen LogP contribution is 2.19. The van der Waals surface area contributed by atoms with Crippen molar-refractivity contribution in [3.8, 4) is 0 Å². The summed E-state index contributed by atoms with van der Waals surface area (Å²) in [5.74, 6) is 0. The Bertz CT molecular complexity index is 318. The van der Waals surface area contributed by atoms with Crippen molar-refractivity contribution < 1.29 is 12.3 Å². The number of rotatable bonds is 2. The lowest BCUT2D eigenvalue weighted by molar-refractivity contribution is 0.539. The normalized spacial score (nSPS) is 14.7. The van der Waals surface area contributed by atoms with Crippen molar-refractivity contribution in [2.45, 2.75) is 12.2 Å². The predicted octanol–water partition coefficient (Wildman–Crippen LogP) is 0.770. The van der Waals surface area contributed by atoms with Gasteiger partial charge in [-0.2, -0.15) is 13.5 Å². The Morgan fingerprint density at radius 2 is 2.36 bits per heavy atom. The third-order valence-electron chi connectivity index (χ3n) is 1.38. The molecule has 1 atom stereocenters. The Morgan fingerprint density at radius 1 is 1.73 bits per heavy atom. The van der Waals surface area contributed by atoms with Crippen LogP contribution in [-0.2, 0) is 10.2 Å². The van der Waals surface area contributed by atoms with Gasteiger partial charge in [0.15, 0.2) is 0 Å². The highest BCUT2D eigenvalue weighted by atomic mass is 32.3. The SMILES string of the molecule is CC(c1ccn[nH]1)S(=O)(=O)F. The van der Waals surface area contributed by atoms with Gasteiger partial charge in [0.25, 0.3) is 0 Å². The minimum Gasteiger partial charge on any atom is -0.281 e. The van der Waals surface area contributed by atoms with E-state index in [2.05, 4.69) is 10.2 Å². The van der Waals surface area contributed by atoms with E-state index in [0.29, 0.717) is 0 Å². The zero-order valence-corrected chi connectivity index (χ0v) is 6.60. The zero-order chi connectivity index (χ0) is 8.48. The minimum absolute atomic E-state index is 0.257. The Balaban J connectivity index is 2.97. The first-order chi connectivity index (χ1) is 5.02. The molecule has 4 nitrogen and oxygen atoms in total. The first-order valence-electron chi connectivity index (χ1n) is 2.94. The third kappa shape index (κ3) is 1.76. The number of nitrogens with zero attached hydrogens (tertiary/aromatic N) is 1. The van der Waals surface area contributed by atoms with Crippen LogP contribution < -0.4 is 0 Å². The fraction of sp³-hybridized carbons (Fsp3) is 0.400. The molecule has 0 fully saturated rings. The molecular formula is C5H7FN2O2S. The van der Waals surface area contributed by atoms with Crippen LogP contribution in [-0.4, -0.2) is 18.6 Å². The second-order valence-electron chi connectivity index (χ2n) is 2.13. The molecule has 0 saturated heterocycles. The van der Waals surface area contributed by atoms with Crippen LogP contribution in [0.5, 0.6) is 0 Å². The van der Waals surface area contributed by atoms with Crippen LogP contribution in [0.2, 0.25) is 0 Å². The van der Waals surface area contributed by atoms with Gasteiger partial charge in [0.2, 0.25) is 0 Å². The molecule has 11 heavy (non-hydrogen) atoms. The number of halogens is 1. The Hall–Kier alpha value is -0.910. The molecular weight excluding hydrogens is 171 g/mol. The molecule has 0 aromatic carbocycles. The average Bonchev–Trinajstić information content (AvgIpc) is 2.34. The van der Waals surface area contributed by atoms with E-state index in [1.165, 1.54) is 19.2 Å². The van der Waals surface area contributed by atoms with Crippen molar-refractivity contribution in [1.29, 1.82) is 0 Å². The smallest absolute Gasteiger partial charge is 0.281 e. The first kappa shape index (κ1) is 8.19. The van der Waals surface area contributed by atoms with E-state index in [1.807, 2.05) is 0 Å². The molecule has 1 aromatic rings. The van der Waals surface area contributed by atoms with Crippen molar-refractivity contribution >= 4 is 10.2 Å². The Labute approximate surface area is 63.6 Å². The first-order valence-corrected chi connectivity index (χ1v) is 4.39. The Morgan fingerprint density at radius 3 is 2.73 bits per heavy atom. The maximum atomic E-state index is 12.3. The van der Waals surface area contributed by atoms with Gasteiger partial charge in [0.05, 0.1) is 5.69 Å². The summed E-state index contributed by atoms with van der Waals surface area (Å²) in [5.41, 5.74) is 0.257. The predicted molar refractivity (Wildman–Crippen MR) is 37.0 cm³/mol. The van der Waals surface area contributed by atoms with Crippen LogP contribution in [0.15, 0.2) is 12.3 Å². The van der Waals surface area contributed by atoms with E-state index < -0.39 is 15.5 Å². The van der Waals surface area contributed by atoms with Gasteiger partial charge in [0.1, 0.15) is 5.25 Å². The largest absolute Gasteiger partial charge is 0.310 e. The second kappa shape index (κ2) is 2.61. The Kier molecular flexibility index (Phi) is 1.95. The molecule has 1 unspecified atom stereocenters. The van der Waals surface area contributed by atoms with Crippen molar-refractivity contribution in [1.82, 2.24) is 10.2 Å². The van der Waals surface area contributed by atoms with Gasteiger partial charge in [-0.15, -0.1) is 3.89 Å². The third-order valence-corrected chi connectivity index (χ3v) is 2.48. The van der Waals surface area contributed by atoms with Gasteiger partial charge in [-0.25, -0.2) is 0 Å². The quantitative estimate of drug-likeness (QED) is 0.680. The molecule has 1 N–H and O–H groups in total. The summed E-state index contributed by atoms with van der Waals surface area (Å²) in [6.07, 6.45) is 1.37. The second-order valence-corrected chi connectivity index (χ2v) is 3.79. The maximum absolute atomic E-state index is 12.3. The molecule has 0 bridgehead atoms. The molecule has 0 aliphatic heterocycles. The van der Waals surface area contributed by atoms with Crippen LogP contribution >= 0.6 is 0 Å². The van der Waals surface area contributed by atoms with E-state index in [1.54, 1.807) is 0 Å². The van der Waals surface area contributed by atoms with Gasteiger partial charge in [-0.3, -0.25) is 5.10 Å². The summed E-state index contributed by atoms with van der Waals surface area (Å²) in [6.45, 7) is 1.25. The van der Waals surface area contributed by atoms with Gasteiger partial charge < -0.3 is 0 Å². The lowest BCUT2D eigenvalue weighted by Gasteiger charge is -2.00. The molecule has 62 valence electrons. The fourth-order valence-electron chi connectivity index (χ4n) is 0.645. The molecule has 0 saturated carbocycles. The summed E-state index contributed by atoms with van der Waals surface area (Å²) < 4.78 is 32.9. The fourth-order valence-corrected chi connectivity index (χ4v) is 1.08. The van der Waals surface area contributed by atoms with E-state index in [4.69, 9.17) is 0 Å². The van der Waals surface area contributed by atoms with Crippen LogP contribution in [0, 0.1) is 0 Å². The average molecular weight is 178 g/mol. The highest BCUT2D eigenvalue weighted by molar-refractivity contribution is 7.86. The molecule has 1 heterocycles. The van der Waals surface area contributed by atoms with E-state index in [9.17, 15) is 12.3 Å². The topological polar surface area (TPSA) is 62.8 Å². The van der Waals surface area contributed by atoms with Crippen LogP contribution in [0.4, 0.5) is 3.89 Å². The van der Waals surface area contributed by atoms with Gasteiger partial charge in [-0.1, -0.05) is 0 Å². The van der Waals surface area contributed by atoms with Crippen molar-refractivity contribution in [3.63, 3.8) is 0 Å². The number of aromatic nitrogens is 2. The maximum Gasteiger partial charge on any atom is 0.310 e. The number of H-pyrrole nitrogens is 1. The summed E-state index contributed by atoms with van der Waals surface area (Å²) in [5, 5.41) is 4.71. The molecule has 1 rings (SSSR count). The number of nitrogens with one attached hydrogen (secondary N) is 1. The number of hydrogen-bond acceptors (Lipinski definition) is 3. The monoisotopic (exact) mass is 178 g/mol. The molecule has 0 aliphatic rings. The molecule has 0 amide bonds.